The van der Waals surface area contributed by atoms with E-state index < -0.39 is 35.5 Å². The first-order valence-corrected chi connectivity index (χ1v) is 19.8. The van der Waals surface area contributed by atoms with Gasteiger partial charge in [-0.05, 0) is 69.7 Å². The summed E-state index contributed by atoms with van der Waals surface area (Å²) >= 11 is 7.81. The van der Waals surface area contributed by atoms with Crippen LogP contribution in [0.2, 0.25) is 5.02 Å². The molecule has 57 heavy (non-hydrogen) atoms. The number of amidine groups is 1. The van der Waals surface area contributed by atoms with Crippen molar-refractivity contribution in [3.05, 3.63) is 52.6 Å². The summed E-state index contributed by atoms with van der Waals surface area (Å²) in [6.07, 6.45) is 1.79. The summed E-state index contributed by atoms with van der Waals surface area (Å²) in [5.74, 6) is -2.07. The molecule has 4 saturated heterocycles. The summed E-state index contributed by atoms with van der Waals surface area (Å²) in [5, 5.41) is 10.3. The third-order valence-electron chi connectivity index (χ3n) is 11.9. The molecule has 1 unspecified atom stereocenters. The van der Waals surface area contributed by atoms with E-state index in [0.29, 0.717) is 13.0 Å². The van der Waals surface area contributed by atoms with Crippen molar-refractivity contribution in [1.29, 1.82) is 5.26 Å². The number of nitriles is 1. The third kappa shape index (κ3) is 6.70. The SMILES string of the molecule is C=C1CN2CCC[C@@]2(COc2nc(N3CC[C@]4(CCC(C(F)F)CN4C(=O)/N=C/N=C(C)N)C3)c3cc(Cl)c(-c4ccc(F)c5sc(N)c(C#N)c45)c(F)c3n2)C1. The van der Waals surface area contributed by atoms with Gasteiger partial charge in [0.15, 0.2) is 5.82 Å². The van der Waals surface area contributed by atoms with Gasteiger partial charge >= 0.3 is 12.0 Å². The van der Waals surface area contributed by atoms with Gasteiger partial charge in [0.25, 0.3) is 0 Å². The maximum Gasteiger partial charge on any atom is 0.345 e. The number of aliphatic imine (C=N–C) groups is 2. The number of aromatic nitrogens is 2. The second-order valence-electron chi connectivity index (χ2n) is 15.4. The molecule has 8 rings (SSSR count). The zero-order valence-corrected chi connectivity index (χ0v) is 32.6. The zero-order chi connectivity index (χ0) is 40.4. The van der Waals surface area contributed by atoms with Crippen LogP contribution in [0.1, 0.15) is 51.0 Å². The van der Waals surface area contributed by atoms with E-state index in [9.17, 15) is 18.8 Å². The Bertz CT molecular complexity index is 2430. The molecule has 298 valence electrons. The second-order valence-corrected chi connectivity index (χ2v) is 16.9. The number of nitrogen functional groups attached to an aromatic ring is 1. The standard InChI is InChI=1S/C39H39ClF4N10O2S/c1-20-13-39(7-3-10-53(39)15-20)18-56-36-50-31-24(12-26(40)29(30(31)42)23-4-5-27(41)32-28(23)25(14-45)34(47)57-32)35(51-36)52-11-9-38(17-52)8-6-22(33(43)44)16-54(38)37(55)49-19-48-21(2)46/h4-5,12,19,22,33H,1,3,6-11,13,15-18,47H2,2H3,(H2,46,48,49,55)/t22?,38-,39+/m1/s1. The number of thiophene rings is 1. The molecule has 12 nitrogen and oxygen atoms in total. The number of anilines is 2. The maximum atomic E-state index is 17.3. The molecule has 0 saturated carbocycles. The second kappa shape index (κ2) is 14.7. The minimum atomic E-state index is -2.64. The van der Waals surface area contributed by atoms with E-state index in [0.717, 1.165) is 55.6 Å². The van der Waals surface area contributed by atoms with Crippen LogP contribution in [0.25, 0.3) is 32.1 Å². The number of ether oxygens (including phenoxy) is 1. The number of hydrogen-bond acceptors (Lipinski definition) is 9. The topological polar surface area (TPSA) is 162 Å². The highest BCUT2D eigenvalue weighted by molar-refractivity contribution is 7.23. The van der Waals surface area contributed by atoms with Gasteiger partial charge < -0.3 is 26.0 Å². The van der Waals surface area contributed by atoms with Crippen molar-refractivity contribution >= 4 is 73.0 Å². The minimum absolute atomic E-state index is 0.00307. The Hall–Kier alpha value is -5.05. The van der Waals surface area contributed by atoms with Crippen LogP contribution in [0.4, 0.5) is 33.2 Å². The first-order chi connectivity index (χ1) is 27.2. The largest absolute Gasteiger partial charge is 0.461 e. The molecule has 0 aliphatic carbocycles. The minimum Gasteiger partial charge on any atom is -0.461 e. The van der Waals surface area contributed by atoms with Gasteiger partial charge in [-0.1, -0.05) is 29.8 Å². The number of benzene rings is 2. The summed E-state index contributed by atoms with van der Waals surface area (Å²) in [6.45, 7) is 7.86. The number of piperidine rings is 1. The number of nitrogens with zero attached hydrogens (tertiary/aromatic N) is 8. The van der Waals surface area contributed by atoms with E-state index in [-0.39, 0.29) is 103 Å². The Morgan fingerprint density at radius 3 is 2.82 bits per heavy atom. The fourth-order valence-corrected chi connectivity index (χ4v) is 10.4. The van der Waals surface area contributed by atoms with Crippen LogP contribution in [-0.2, 0) is 0 Å². The van der Waals surface area contributed by atoms with Crippen molar-refractivity contribution in [2.24, 2.45) is 21.6 Å². The van der Waals surface area contributed by atoms with Crippen LogP contribution in [0.15, 0.2) is 40.3 Å². The predicted octanol–water partition coefficient (Wildman–Crippen LogP) is 7.52. The first kappa shape index (κ1) is 38.8. The number of halogens is 5. The summed E-state index contributed by atoms with van der Waals surface area (Å²) in [7, 11) is 0. The van der Waals surface area contributed by atoms with Gasteiger partial charge in [0.05, 0.1) is 32.2 Å². The number of hydrogen-bond donors (Lipinski definition) is 2. The molecule has 2 amide bonds. The number of fused-ring (bicyclic) bond motifs is 3. The molecular weight excluding hydrogens is 784 g/mol. The van der Waals surface area contributed by atoms with Crippen LogP contribution in [0.3, 0.4) is 0 Å². The number of carbonyl (C=O) groups is 1. The van der Waals surface area contributed by atoms with E-state index >= 15 is 8.78 Å². The highest BCUT2D eigenvalue weighted by Crippen LogP contribution is 2.48. The van der Waals surface area contributed by atoms with Crippen LogP contribution in [-0.4, -0.2) is 94.8 Å². The van der Waals surface area contributed by atoms with Crippen molar-refractivity contribution in [2.75, 3.05) is 50.0 Å². The monoisotopic (exact) mass is 822 g/mol. The number of rotatable bonds is 7. The van der Waals surface area contributed by atoms with Gasteiger partial charge in [0.2, 0.25) is 6.43 Å². The molecule has 4 N–H and O–H groups in total. The number of carbonyl (C=O) groups excluding carboxylic acids is 1. The molecular formula is C39H39ClF4N10O2S. The Labute approximate surface area is 334 Å². The average molecular weight is 823 g/mol. The third-order valence-corrected chi connectivity index (χ3v) is 13.2. The molecule has 2 aromatic carbocycles. The fourth-order valence-electron chi connectivity index (χ4n) is 9.16. The normalized spacial score (nSPS) is 24.2. The van der Waals surface area contributed by atoms with Crippen LogP contribution < -0.4 is 21.1 Å². The molecule has 4 fully saturated rings. The lowest BCUT2D eigenvalue weighted by molar-refractivity contribution is -0.00480. The molecule has 3 atom stereocenters. The molecule has 4 aliphatic heterocycles. The summed E-state index contributed by atoms with van der Waals surface area (Å²) in [4.78, 5) is 36.4. The van der Waals surface area contributed by atoms with E-state index in [4.69, 9.17) is 32.8 Å². The Morgan fingerprint density at radius 2 is 2.07 bits per heavy atom. The van der Waals surface area contributed by atoms with E-state index in [2.05, 4.69) is 26.4 Å². The molecule has 1 spiro atoms. The van der Waals surface area contributed by atoms with E-state index in [1.165, 1.54) is 30.0 Å². The molecule has 0 bridgehead atoms. The number of nitrogens with two attached hydrogens (primary N) is 2. The van der Waals surface area contributed by atoms with Crippen molar-refractivity contribution in [2.45, 2.75) is 63.0 Å². The van der Waals surface area contributed by atoms with Crippen LogP contribution in [0.5, 0.6) is 6.01 Å². The zero-order valence-electron chi connectivity index (χ0n) is 31.0. The van der Waals surface area contributed by atoms with Crippen molar-refractivity contribution in [1.82, 2.24) is 19.8 Å². The van der Waals surface area contributed by atoms with Crippen molar-refractivity contribution < 1.29 is 27.1 Å². The van der Waals surface area contributed by atoms with Gasteiger partial charge in [-0.15, -0.1) is 11.3 Å². The lowest BCUT2D eigenvalue weighted by Gasteiger charge is -2.46. The number of urea groups is 1. The summed E-state index contributed by atoms with van der Waals surface area (Å²) in [5.41, 5.74) is 11.5. The molecule has 0 radical (unpaired) electrons. The Morgan fingerprint density at radius 1 is 1.26 bits per heavy atom. The van der Waals surface area contributed by atoms with Crippen LogP contribution in [0, 0.1) is 28.9 Å². The lowest BCUT2D eigenvalue weighted by Crippen LogP contribution is -2.58. The number of alkyl halides is 2. The molecule has 18 heteroatoms. The summed E-state index contributed by atoms with van der Waals surface area (Å²) in [6, 6.07) is 5.24. The fraction of sp³-hybridized carbons (Fsp3) is 0.436. The molecule has 2 aromatic heterocycles. The highest BCUT2D eigenvalue weighted by Gasteiger charge is 2.51. The van der Waals surface area contributed by atoms with Crippen molar-refractivity contribution in [3.8, 4) is 23.2 Å². The van der Waals surface area contributed by atoms with E-state index in [1.807, 2.05) is 11.0 Å². The molecule has 6 heterocycles. The average Bonchev–Trinajstić information content (AvgIpc) is 3.92. The Kier molecular flexibility index (Phi) is 10.0. The predicted molar refractivity (Wildman–Crippen MR) is 213 cm³/mol. The lowest BCUT2D eigenvalue weighted by atomic mass is 9.81. The van der Waals surface area contributed by atoms with Gasteiger partial charge in [-0.3, -0.25) is 4.90 Å². The maximum absolute atomic E-state index is 17.3. The first-order valence-electron chi connectivity index (χ1n) is 18.6. The number of likely N-dealkylation sites (tertiary alicyclic amines) is 1. The molecule has 4 aromatic rings. The Balaban J connectivity index is 1.24. The number of amides is 2. The van der Waals surface area contributed by atoms with Gasteiger partial charge in [-0.25, -0.2) is 27.3 Å². The van der Waals surface area contributed by atoms with Gasteiger partial charge in [0.1, 0.15) is 41.2 Å². The van der Waals surface area contributed by atoms with Gasteiger partial charge in [0, 0.05) is 48.4 Å². The summed E-state index contributed by atoms with van der Waals surface area (Å²) < 4.78 is 67.0. The highest BCUT2D eigenvalue weighted by atomic mass is 35.5. The quantitative estimate of drug-likeness (QED) is 0.0831. The smallest absolute Gasteiger partial charge is 0.345 e. The van der Waals surface area contributed by atoms with Crippen molar-refractivity contribution in [3.63, 3.8) is 0 Å². The van der Waals surface area contributed by atoms with E-state index in [1.54, 1.807) is 0 Å². The van der Waals surface area contributed by atoms with Gasteiger partial charge in [-0.2, -0.15) is 20.2 Å². The van der Waals surface area contributed by atoms with Crippen LogP contribution >= 0.6 is 22.9 Å². The molecule has 4 aliphatic rings.